The molecule has 0 bridgehead atoms. The number of carbonyl (C=O) groups excluding carboxylic acids is 3. The summed E-state index contributed by atoms with van der Waals surface area (Å²) in [6.07, 6.45) is 0. The molecule has 35 heavy (non-hydrogen) atoms. The fourth-order valence-corrected chi connectivity index (χ4v) is 5.39. The van der Waals surface area contributed by atoms with Crippen LogP contribution < -0.4 is 10.2 Å². The number of nitrogens with two attached hydrogens (primary N) is 1. The summed E-state index contributed by atoms with van der Waals surface area (Å²) in [5.74, 6) is -5.76. The average Bonchev–Trinajstić information content (AvgIpc) is 3.35. The molecule has 0 radical (unpaired) electrons. The number of hydrogen-bond donors (Lipinski definition) is 1. The number of carbonyl (C=O) groups is 3. The number of hydrogen-bond acceptors (Lipinski definition) is 4. The zero-order chi connectivity index (χ0) is 24.9. The number of fused-ring (bicyclic) bond motifs is 1. The van der Waals surface area contributed by atoms with Crippen LogP contribution in [0.25, 0.3) is 0 Å². The van der Waals surface area contributed by atoms with E-state index < -0.39 is 58.7 Å². The SMILES string of the molecule is COC(=O)[C@@H]1[NH2+]C(c2ccc(F)cc2)(c2ccc(F)cc2)[C@@H]2C(=O)N(c3ccc(F)cc3)C(=O)[C@@H]21. The van der Waals surface area contributed by atoms with Crippen LogP contribution in [0.2, 0.25) is 0 Å². The Morgan fingerprint density at radius 1 is 0.800 bits per heavy atom. The Hall–Kier alpha value is -3.98. The van der Waals surface area contributed by atoms with E-state index in [-0.39, 0.29) is 5.69 Å². The molecule has 178 valence electrons. The first-order chi connectivity index (χ1) is 16.8. The minimum atomic E-state index is -1.37. The molecule has 0 unspecified atom stereocenters. The van der Waals surface area contributed by atoms with Crippen LogP contribution in [-0.2, 0) is 24.7 Å². The smallest absolute Gasteiger partial charge is 0.365 e. The number of methoxy groups -OCH3 is 1. The molecular formula is C26H20F3N2O4+. The summed E-state index contributed by atoms with van der Waals surface area (Å²) in [5.41, 5.74) is -0.304. The first kappa shape index (κ1) is 22.8. The normalized spacial score (nSPS) is 22.9. The Bertz CT molecular complexity index is 1260. The molecule has 2 aliphatic heterocycles. The molecule has 3 aromatic rings. The molecule has 2 N–H and O–H groups in total. The fourth-order valence-electron chi connectivity index (χ4n) is 5.39. The molecule has 2 heterocycles. The Balaban J connectivity index is 1.75. The maximum atomic E-state index is 13.9. The van der Waals surface area contributed by atoms with Crippen molar-refractivity contribution in [1.82, 2.24) is 0 Å². The molecule has 3 aromatic carbocycles. The Morgan fingerprint density at radius 3 is 1.71 bits per heavy atom. The second kappa shape index (κ2) is 8.35. The maximum absolute atomic E-state index is 13.9. The van der Waals surface area contributed by atoms with Gasteiger partial charge in [0.05, 0.1) is 12.8 Å². The van der Waals surface area contributed by atoms with Crippen LogP contribution in [0, 0.1) is 29.3 Å². The van der Waals surface area contributed by atoms with E-state index in [4.69, 9.17) is 4.74 Å². The molecule has 0 saturated carbocycles. The van der Waals surface area contributed by atoms with Crippen molar-refractivity contribution in [3.8, 4) is 0 Å². The number of imide groups is 1. The van der Waals surface area contributed by atoms with Gasteiger partial charge in [-0.25, -0.2) is 22.9 Å². The van der Waals surface area contributed by atoms with Crippen molar-refractivity contribution in [2.75, 3.05) is 12.0 Å². The summed E-state index contributed by atoms with van der Waals surface area (Å²) in [6.45, 7) is 0. The number of rotatable bonds is 4. The minimum Gasteiger partial charge on any atom is -0.465 e. The molecule has 9 heteroatoms. The van der Waals surface area contributed by atoms with E-state index in [1.165, 1.54) is 67.8 Å². The number of amides is 2. The van der Waals surface area contributed by atoms with E-state index in [2.05, 4.69) is 0 Å². The predicted octanol–water partition coefficient (Wildman–Crippen LogP) is 2.27. The fraction of sp³-hybridized carbons (Fsp3) is 0.192. The van der Waals surface area contributed by atoms with E-state index in [0.717, 1.165) is 17.0 Å². The quantitative estimate of drug-likeness (QED) is 0.458. The molecule has 6 nitrogen and oxygen atoms in total. The van der Waals surface area contributed by atoms with Crippen LogP contribution in [0.15, 0.2) is 72.8 Å². The largest absolute Gasteiger partial charge is 0.465 e. The van der Waals surface area contributed by atoms with Crippen LogP contribution in [-0.4, -0.2) is 30.9 Å². The van der Waals surface area contributed by atoms with Crippen molar-refractivity contribution in [3.63, 3.8) is 0 Å². The molecule has 3 atom stereocenters. The van der Waals surface area contributed by atoms with E-state index in [0.29, 0.717) is 11.1 Å². The molecule has 5 rings (SSSR count). The number of nitrogens with zero attached hydrogens (tertiary/aromatic N) is 1. The second-order valence-corrected chi connectivity index (χ2v) is 8.59. The van der Waals surface area contributed by atoms with Crippen LogP contribution in [0.1, 0.15) is 11.1 Å². The zero-order valence-corrected chi connectivity index (χ0v) is 18.5. The van der Waals surface area contributed by atoms with Gasteiger partial charge in [-0.15, -0.1) is 0 Å². The van der Waals surface area contributed by atoms with Crippen LogP contribution in [0.5, 0.6) is 0 Å². The molecule has 0 spiro atoms. The van der Waals surface area contributed by atoms with Gasteiger partial charge < -0.3 is 10.1 Å². The molecule has 0 aromatic heterocycles. The van der Waals surface area contributed by atoms with Crippen molar-refractivity contribution < 1.29 is 37.6 Å². The Kier molecular flexibility index (Phi) is 5.44. The van der Waals surface area contributed by atoms with Gasteiger partial charge in [0.2, 0.25) is 11.8 Å². The lowest BCUT2D eigenvalue weighted by Gasteiger charge is -2.32. The van der Waals surface area contributed by atoms with Gasteiger partial charge >= 0.3 is 5.97 Å². The maximum Gasteiger partial charge on any atom is 0.365 e. The summed E-state index contributed by atoms with van der Waals surface area (Å²) in [6, 6.07) is 14.5. The van der Waals surface area contributed by atoms with Gasteiger partial charge in [-0.05, 0) is 72.8 Å². The lowest BCUT2D eigenvalue weighted by atomic mass is 9.71. The van der Waals surface area contributed by atoms with Crippen molar-refractivity contribution in [3.05, 3.63) is 101 Å². The standard InChI is InChI=1S/C26H19F3N2O4/c1-35-25(34)22-20-21(24(33)31(23(20)32)19-12-10-18(29)11-13-19)26(30-22,14-2-6-16(27)7-3-14)15-4-8-17(28)9-5-15/h2-13,20-22,30H,1H3/p+1/t20-,21-,22+/m0/s1. The summed E-state index contributed by atoms with van der Waals surface area (Å²) < 4.78 is 46.2. The Labute approximate surface area is 198 Å². The highest BCUT2D eigenvalue weighted by Gasteiger charge is 2.72. The number of ether oxygens (including phenoxy) is 1. The second-order valence-electron chi connectivity index (χ2n) is 8.59. The number of esters is 1. The van der Waals surface area contributed by atoms with Crippen LogP contribution in [0.3, 0.4) is 0 Å². The molecule has 2 aliphatic rings. The van der Waals surface area contributed by atoms with Crippen molar-refractivity contribution >= 4 is 23.5 Å². The monoisotopic (exact) mass is 481 g/mol. The van der Waals surface area contributed by atoms with Gasteiger partial charge in [0.25, 0.3) is 0 Å². The van der Waals surface area contributed by atoms with Crippen LogP contribution >= 0.6 is 0 Å². The van der Waals surface area contributed by atoms with Crippen molar-refractivity contribution in [2.24, 2.45) is 11.8 Å². The number of anilines is 1. The van der Waals surface area contributed by atoms with E-state index >= 15 is 0 Å². The van der Waals surface area contributed by atoms with Crippen molar-refractivity contribution in [2.45, 2.75) is 11.6 Å². The van der Waals surface area contributed by atoms with E-state index in [1.807, 2.05) is 0 Å². The summed E-state index contributed by atoms with van der Waals surface area (Å²) in [4.78, 5) is 41.4. The summed E-state index contributed by atoms with van der Waals surface area (Å²) >= 11 is 0. The molecule has 2 amide bonds. The lowest BCUT2D eigenvalue weighted by Crippen LogP contribution is -2.99. The highest BCUT2D eigenvalue weighted by Crippen LogP contribution is 2.48. The number of benzene rings is 3. The van der Waals surface area contributed by atoms with Crippen LogP contribution in [0.4, 0.5) is 18.9 Å². The highest BCUT2D eigenvalue weighted by atomic mass is 19.1. The van der Waals surface area contributed by atoms with E-state index in [1.54, 1.807) is 5.32 Å². The summed E-state index contributed by atoms with van der Waals surface area (Å²) in [7, 11) is 1.18. The third-order valence-corrected chi connectivity index (χ3v) is 6.87. The Morgan fingerprint density at radius 2 is 1.26 bits per heavy atom. The zero-order valence-electron chi connectivity index (χ0n) is 18.5. The summed E-state index contributed by atoms with van der Waals surface area (Å²) in [5, 5.41) is 1.58. The highest BCUT2D eigenvalue weighted by molar-refractivity contribution is 6.23. The third-order valence-electron chi connectivity index (χ3n) is 6.87. The van der Waals surface area contributed by atoms with Gasteiger partial charge in [-0.2, -0.15) is 0 Å². The predicted molar refractivity (Wildman–Crippen MR) is 117 cm³/mol. The topological polar surface area (TPSA) is 80.3 Å². The average molecular weight is 481 g/mol. The van der Waals surface area contributed by atoms with Gasteiger partial charge in [0, 0.05) is 11.1 Å². The minimum absolute atomic E-state index is 0.159. The van der Waals surface area contributed by atoms with Gasteiger partial charge in [-0.3, -0.25) is 9.59 Å². The molecular weight excluding hydrogens is 461 g/mol. The third kappa shape index (κ3) is 3.42. The number of quaternary nitrogens is 1. The first-order valence-corrected chi connectivity index (χ1v) is 10.9. The van der Waals surface area contributed by atoms with Gasteiger partial charge in [0.1, 0.15) is 29.3 Å². The van der Waals surface area contributed by atoms with Gasteiger partial charge in [0.15, 0.2) is 11.6 Å². The van der Waals surface area contributed by atoms with Crippen molar-refractivity contribution in [1.29, 1.82) is 0 Å². The number of halogens is 3. The first-order valence-electron chi connectivity index (χ1n) is 10.9. The lowest BCUT2D eigenvalue weighted by molar-refractivity contribution is -0.729. The van der Waals surface area contributed by atoms with Gasteiger partial charge in [-0.1, -0.05) is 0 Å². The molecule has 2 fully saturated rings. The molecule has 2 saturated heterocycles. The van der Waals surface area contributed by atoms with E-state index in [9.17, 15) is 27.6 Å². The molecule has 0 aliphatic carbocycles.